The fourth-order valence-electron chi connectivity index (χ4n) is 2.56. The molecule has 3 rings (SSSR count). The van der Waals surface area contributed by atoms with Crippen molar-refractivity contribution in [3.8, 4) is 11.4 Å². The first-order valence-corrected chi connectivity index (χ1v) is 8.34. The summed E-state index contributed by atoms with van der Waals surface area (Å²) < 4.78 is 18.6. The normalized spacial score (nSPS) is 10.8. The number of hydrogen-bond acceptors (Lipinski definition) is 5. The minimum Gasteiger partial charge on any atom is -0.339 e. The number of halogens is 2. The Kier molecular flexibility index (Phi) is 4.99. The van der Waals surface area contributed by atoms with Crippen molar-refractivity contribution >= 4 is 23.3 Å². The van der Waals surface area contributed by atoms with Crippen molar-refractivity contribution in [2.75, 3.05) is 5.32 Å². The molecule has 134 valence electrons. The molecule has 0 saturated carbocycles. The number of rotatable bonds is 4. The molecule has 0 saturated heterocycles. The van der Waals surface area contributed by atoms with E-state index in [1.165, 1.54) is 12.1 Å². The van der Waals surface area contributed by atoms with Gasteiger partial charge in [-0.25, -0.2) is 9.37 Å². The van der Waals surface area contributed by atoms with E-state index in [2.05, 4.69) is 20.4 Å². The molecule has 1 N–H and O–H groups in total. The predicted octanol–water partition coefficient (Wildman–Crippen LogP) is 4.36. The summed E-state index contributed by atoms with van der Waals surface area (Å²) in [6.45, 7) is 5.55. The zero-order valence-electron chi connectivity index (χ0n) is 14.4. The molecule has 0 bridgehead atoms. The van der Waals surface area contributed by atoms with Crippen molar-refractivity contribution in [1.82, 2.24) is 15.1 Å². The number of pyridine rings is 1. The molecule has 0 spiro atoms. The Hall–Kier alpha value is -2.80. The molecule has 1 aromatic carbocycles. The predicted molar refractivity (Wildman–Crippen MR) is 95.7 cm³/mol. The second-order valence-corrected chi connectivity index (χ2v) is 6.15. The summed E-state index contributed by atoms with van der Waals surface area (Å²) in [7, 11) is 0. The summed E-state index contributed by atoms with van der Waals surface area (Å²) in [4.78, 5) is 21.3. The summed E-state index contributed by atoms with van der Waals surface area (Å²) >= 11 is 6.01. The Morgan fingerprint density at radius 3 is 2.73 bits per heavy atom. The zero-order valence-corrected chi connectivity index (χ0v) is 15.2. The number of nitrogens with zero attached hydrogens (tertiary/aromatic N) is 3. The second-order valence-electron chi connectivity index (χ2n) is 5.75. The lowest BCUT2D eigenvalue weighted by Crippen LogP contribution is -2.15. The van der Waals surface area contributed by atoms with Gasteiger partial charge in [-0.2, -0.15) is 4.98 Å². The number of nitrogens with one attached hydrogen (secondary N) is 1. The van der Waals surface area contributed by atoms with Gasteiger partial charge >= 0.3 is 0 Å². The first-order chi connectivity index (χ1) is 12.4. The van der Waals surface area contributed by atoms with E-state index in [0.29, 0.717) is 29.4 Å². The number of carbonyl (C=O) groups is 1. The number of anilines is 1. The molecule has 0 unspecified atom stereocenters. The molecule has 3 aromatic rings. The van der Waals surface area contributed by atoms with Crippen molar-refractivity contribution in [3.63, 3.8) is 0 Å². The number of hydrogen-bond donors (Lipinski definition) is 1. The summed E-state index contributed by atoms with van der Waals surface area (Å²) in [6, 6.07) is 5.44. The van der Waals surface area contributed by atoms with Crippen LogP contribution in [0.15, 0.2) is 28.8 Å². The first-order valence-electron chi connectivity index (χ1n) is 7.96. The van der Waals surface area contributed by atoms with E-state index in [9.17, 15) is 9.18 Å². The van der Waals surface area contributed by atoms with E-state index in [4.69, 9.17) is 16.1 Å². The lowest BCUT2D eigenvalue weighted by Gasteiger charge is -2.12. The third kappa shape index (κ3) is 3.57. The van der Waals surface area contributed by atoms with Gasteiger partial charge in [0, 0.05) is 12.1 Å². The molecule has 0 radical (unpaired) electrons. The van der Waals surface area contributed by atoms with Crippen molar-refractivity contribution in [1.29, 1.82) is 0 Å². The van der Waals surface area contributed by atoms with Gasteiger partial charge in [-0.1, -0.05) is 23.7 Å². The van der Waals surface area contributed by atoms with Gasteiger partial charge in [0.05, 0.1) is 16.1 Å². The summed E-state index contributed by atoms with van der Waals surface area (Å²) in [6.07, 6.45) is 0.589. The molecule has 0 aliphatic carbocycles. The largest absolute Gasteiger partial charge is 0.339 e. The fourth-order valence-corrected chi connectivity index (χ4v) is 2.76. The van der Waals surface area contributed by atoms with Gasteiger partial charge in [0.1, 0.15) is 11.6 Å². The van der Waals surface area contributed by atoms with Crippen LogP contribution in [0.5, 0.6) is 0 Å². The van der Waals surface area contributed by atoms with Gasteiger partial charge in [0.25, 0.3) is 5.91 Å². The Morgan fingerprint density at radius 2 is 2.04 bits per heavy atom. The van der Waals surface area contributed by atoms with Crippen LogP contribution in [-0.4, -0.2) is 21.0 Å². The number of amides is 1. The fraction of sp³-hybridized carbons (Fsp3) is 0.222. The molecule has 0 aliphatic rings. The Bertz CT molecular complexity index is 987. The van der Waals surface area contributed by atoms with Crippen LogP contribution in [0.4, 0.5) is 10.2 Å². The summed E-state index contributed by atoms with van der Waals surface area (Å²) in [5, 5.41) is 6.78. The lowest BCUT2D eigenvalue weighted by molar-refractivity contribution is 0.102. The van der Waals surface area contributed by atoms with Crippen LogP contribution in [0.3, 0.4) is 0 Å². The molecule has 6 nitrogen and oxygen atoms in total. The highest BCUT2D eigenvalue weighted by molar-refractivity contribution is 6.34. The smallest absolute Gasteiger partial charge is 0.258 e. The van der Waals surface area contributed by atoms with Crippen molar-refractivity contribution in [2.24, 2.45) is 0 Å². The van der Waals surface area contributed by atoms with Crippen molar-refractivity contribution in [2.45, 2.75) is 27.2 Å². The molecule has 2 aromatic heterocycles. The molecular weight excluding hydrogens is 359 g/mol. The highest BCUT2D eigenvalue weighted by Crippen LogP contribution is 2.29. The lowest BCUT2D eigenvalue weighted by atomic mass is 10.1. The maximum Gasteiger partial charge on any atom is 0.258 e. The van der Waals surface area contributed by atoms with E-state index in [-0.39, 0.29) is 16.4 Å². The van der Waals surface area contributed by atoms with Crippen LogP contribution >= 0.6 is 11.6 Å². The molecule has 0 aliphatic heterocycles. The van der Waals surface area contributed by atoms with E-state index in [1.807, 2.05) is 19.9 Å². The van der Waals surface area contributed by atoms with Gasteiger partial charge < -0.3 is 9.84 Å². The third-order valence-corrected chi connectivity index (χ3v) is 4.07. The van der Waals surface area contributed by atoms with Gasteiger partial charge in [-0.15, -0.1) is 0 Å². The Labute approximate surface area is 154 Å². The number of aromatic nitrogens is 3. The maximum absolute atomic E-state index is 13.5. The average molecular weight is 375 g/mol. The van der Waals surface area contributed by atoms with Gasteiger partial charge in [-0.3, -0.25) is 4.79 Å². The number of benzene rings is 1. The SMILES string of the molecule is CCc1nc(-c2c(C)cc(C)nc2NC(=O)c2cc(F)ccc2Cl)no1. The summed E-state index contributed by atoms with van der Waals surface area (Å²) in [5.41, 5.74) is 2.08. The highest BCUT2D eigenvalue weighted by Gasteiger charge is 2.20. The Morgan fingerprint density at radius 1 is 1.27 bits per heavy atom. The van der Waals surface area contributed by atoms with Crippen LogP contribution in [0.25, 0.3) is 11.4 Å². The molecular formula is C18H16ClFN4O2. The minimum atomic E-state index is -0.576. The van der Waals surface area contributed by atoms with Gasteiger partial charge in [0.15, 0.2) is 0 Å². The topological polar surface area (TPSA) is 80.9 Å². The molecule has 26 heavy (non-hydrogen) atoms. The average Bonchev–Trinajstić information content (AvgIpc) is 3.05. The zero-order chi connectivity index (χ0) is 18.8. The molecule has 0 fully saturated rings. The van der Waals surface area contributed by atoms with E-state index < -0.39 is 11.7 Å². The van der Waals surface area contributed by atoms with Crippen molar-refractivity contribution < 1.29 is 13.7 Å². The Balaban J connectivity index is 2.04. The monoisotopic (exact) mass is 374 g/mol. The van der Waals surface area contributed by atoms with E-state index in [1.54, 1.807) is 6.92 Å². The van der Waals surface area contributed by atoms with E-state index >= 15 is 0 Å². The van der Waals surface area contributed by atoms with Gasteiger partial charge in [0.2, 0.25) is 11.7 Å². The minimum absolute atomic E-state index is 0.0148. The van der Waals surface area contributed by atoms with Crippen molar-refractivity contribution in [3.05, 3.63) is 57.8 Å². The standard InChI is InChI=1S/C18H16ClFN4O2/c1-4-14-22-17(24-26-14)15-9(2)7-10(3)21-16(15)23-18(25)12-8-11(20)5-6-13(12)19/h5-8H,4H2,1-3H3,(H,21,23,25). The number of aryl methyl sites for hydroxylation is 3. The second kappa shape index (κ2) is 7.21. The summed E-state index contributed by atoms with van der Waals surface area (Å²) in [5.74, 6) is -0.0689. The van der Waals surface area contributed by atoms with Crippen LogP contribution in [0, 0.1) is 19.7 Å². The number of carbonyl (C=O) groups excluding carboxylic acids is 1. The van der Waals surface area contributed by atoms with Crippen LogP contribution in [-0.2, 0) is 6.42 Å². The van der Waals surface area contributed by atoms with E-state index in [0.717, 1.165) is 11.6 Å². The maximum atomic E-state index is 13.5. The third-order valence-electron chi connectivity index (χ3n) is 3.74. The highest BCUT2D eigenvalue weighted by atomic mass is 35.5. The van der Waals surface area contributed by atoms with Crippen LogP contribution in [0.1, 0.15) is 34.4 Å². The van der Waals surface area contributed by atoms with Gasteiger partial charge in [-0.05, 0) is 43.7 Å². The molecule has 8 heteroatoms. The quantitative estimate of drug-likeness (QED) is 0.734. The molecule has 1 amide bonds. The first kappa shape index (κ1) is 18.0. The van der Waals surface area contributed by atoms with Crippen LogP contribution < -0.4 is 5.32 Å². The molecule has 0 atom stereocenters. The van der Waals surface area contributed by atoms with Crippen LogP contribution in [0.2, 0.25) is 5.02 Å². The molecule has 2 heterocycles.